The summed E-state index contributed by atoms with van der Waals surface area (Å²) in [4.78, 5) is 22.4. The summed E-state index contributed by atoms with van der Waals surface area (Å²) in [6.07, 6.45) is -0.855. The van der Waals surface area contributed by atoms with E-state index < -0.39 is 18.0 Å². The van der Waals surface area contributed by atoms with E-state index in [9.17, 15) is 9.59 Å². The number of hydrogen-bond acceptors (Lipinski definition) is 6. The molecule has 0 N–H and O–H groups in total. The molecule has 0 amide bonds. The van der Waals surface area contributed by atoms with Crippen LogP contribution in [0.1, 0.15) is 31.3 Å². The Morgan fingerprint density at radius 2 is 1.96 bits per heavy atom. The van der Waals surface area contributed by atoms with Crippen LogP contribution < -0.4 is 0 Å². The molecular weight excluding hydrogens is 298 g/mol. The zero-order valence-corrected chi connectivity index (χ0v) is 12.7. The molecular formula is C16H15N3O4. The Bertz CT molecular complexity index is 746. The molecule has 2 aromatic rings. The molecule has 0 bridgehead atoms. The summed E-state index contributed by atoms with van der Waals surface area (Å²) in [5.41, 5.74) is 1.32. The SMILES string of the molecule is CC(=O)OC[C@@H](OC(C)=O)c1cc(C#N)nn1-c1ccccc1. The van der Waals surface area contributed by atoms with Crippen molar-refractivity contribution in [3.05, 3.63) is 47.8 Å². The second-order valence-electron chi connectivity index (χ2n) is 4.71. The average Bonchev–Trinajstić information content (AvgIpc) is 2.96. The Balaban J connectivity index is 2.44. The first-order valence-electron chi connectivity index (χ1n) is 6.87. The lowest BCUT2D eigenvalue weighted by Gasteiger charge is -2.18. The Morgan fingerprint density at radius 1 is 1.26 bits per heavy atom. The minimum atomic E-state index is -0.855. The first-order valence-corrected chi connectivity index (χ1v) is 6.87. The van der Waals surface area contributed by atoms with Gasteiger partial charge in [0.25, 0.3) is 0 Å². The van der Waals surface area contributed by atoms with E-state index in [1.54, 1.807) is 12.1 Å². The number of aromatic nitrogens is 2. The van der Waals surface area contributed by atoms with E-state index in [2.05, 4.69) is 5.10 Å². The molecule has 1 heterocycles. The molecule has 0 saturated carbocycles. The zero-order chi connectivity index (χ0) is 16.8. The molecule has 1 aromatic carbocycles. The van der Waals surface area contributed by atoms with E-state index in [4.69, 9.17) is 14.7 Å². The van der Waals surface area contributed by atoms with E-state index in [0.29, 0.717) is 11.4 Å². The van der Waals surface area contributed by atoms with Gasteiger partial charge in [-0.25, -0.2) is 4.68 Å². The van der Waals surface area contributed by atoms with Gasteiger partial charge < -0.3 is 9.47 Å². The summed E-state index contributed by atoms with van der Waals surface area (Å²) in [5.74, 6) is -1.02. The zero-order valence-electron chi connectivity index (χ0n) is 12.7. The maximum absolute atomic E-state index is 11.3. The predicted octanol–water partition coefficient (Wildman–Crippen LogP) is 1.91. The lowest BCUT2D eigenvalue weighted by Crippen LogP contribution is -2.19. The molecule has 118 valence electrons. The number of nitrogens with zero attached hydrogens (tertiary/aromatic N) is 3. The van der Waals surface area contributed by atoms with Crippen molar-refractivity contribution in [2.75, 3.05) is 6.61 Å². The van der Waals surface area contributed by atoms with Gasteiger partial charge in [0.15, 0.2) is 11.8 Å². The van der Waals surface area contributed by atoms with Gasteiger partial charge in [-0.05, 0) is 12.1 Å². The van der Waals surface area contributed by atoms with E-state index in [-0.39, 0.29) is 12.3 Å². The molecule has 0 aliphatic heterocycles. The summed E-state index contributed by atoms with van der Waals surface area (Å²) in [5, 5.41) is 13.3. The highest BCUT2D eigenvalue weighted by Gasteiger charge is 2.23. The topological polar surface area (TPSA) is 94.2 Å². The summed E-state index contributed by atoms with van der Waals surface area (Å²) in [6, 6.07) is 12.5. The Kier molecular flexibility index (Phi) is 5.10. The number of para-hydroxylation sites is 1. The highest BCUT2D eigenvalue weighted by molar-refractivity contribution is 5.67. The van der Waals surface area contributed by atoms with Gasteiger partial charge in [0.2, 0.25) is 0 Å². The van der Waals surface area contributed by atoms with Crippen LogP contribution in [0.4, 0.5) is 0 Å². The molecule has 23 heavy (non-hydrogen) atoms. The predicted molar refractivity (Wildman–Crippen MR) is 79.4 cm³/mol. The van der Waals surface area contributed by atoms with Crippen LogP contribution in [0.15, 0.2) is 36.4 Å². The molecule has 0 fully saturated rings. The van der Waals surface area contributed by atoms with Crippen LogP contribution in [-0.2, 0) is 19.1 Å². The fraction of sp³-hybridized carbons (Fsp3) is 0.250. The third kappa shape index (κ3) is 4.17. The van der Waals surface area contributed by atoms with Gasteiger partial charge in [0.1, 0.15) is 12.7 Å². The van der Waals surface area contributed by atoms with Crippen LogP contribution in [0.25, 0.3) is 5.69 Å². The Labute approximate surface area is 133 Å². The van der Waals surface area contributed by atoms with Crippen LogP contribution in [0, 0.1) is 11.3 Å². The van der Waals surface area contributed by atoms with E-state index in [1.165, 1.54) is 24.6 Å². The van der Waals surface area contributed by atoms with Crippen LogP contribution in [0.5, 0.6) is 0 Å². The van der Waals surface area contributed by atoms with Gasteiger partial charge in [-0.15, -0.1) is 0 Å². The molecule has 1 atom stereocenters. The average molecular weight is 313 g/mol. The summed E-state index contributed by atoms with van der Waals surface area (Å²) in [7, 11) is 0. The third-order valence-corrected chi connectivity index (χ3v) is 2.93. The summed E-state index contributed by atoms with van der Waals surface area (Å²) >= 11 is 0. The van der Waals surface area contributed by atoms with E-state index >= 15 is 0 Å². The second kappa shape index (κ2) is 7.22. The summed E-state index contributed by atoms with van der Waals surface area (Å²) in [6.45, 7) is 2.37. The molecule has 0 radical (unpaired) electrons. The Hall–Kier alpha value is -3.14. The van der Waals surface area contributed by atoms with Crippen LogP contribution in [-0.4, -0.2) is 28.3 Å². The molecule has 0 aliphatic rings. The fourth-order valence-corrected chi connectivity index (χ4v) is 2.03. The van der Waals surface area contributed by atoms with Crippen molar-refractivity contribution in [1.82, 2.24) is 9.78 Å². The number of ether oxygens (including phenoxy) is 2. The van der Waals surface area contributed by atoms with Gasteiger partial charge >= 0.3 is 11.9 Å². The van der Waals surface area contributed by atoms with Crippen molar-refractivity contribution in [3.8, 4) is 11.8 Å². The van der Waals surface area contributed by atoms with Crippen molar-refractivity contribution in [2.45, 2.75) is 20.0 Å². The fourth-order valence-electron chi connectivity index (χ4n) is 2.03. The van der Waals surface area contributed by atoms with Crippen molar-refractivity contribution in [3.63, 3.8) is 0 Å². The van der Waals surface area contributed by atoms with Crippen molar-refractivity contribution < 1.29 is 19.1 Å². The number of nitriles is 1. The van der Waals surface area contributed by atoms with Gasteiger partial charge in [0.05, 0.1) is 11.4 Å². The lowest BCUT2D eigenvalue weighted by molar-refractivity contribution is -0.157. The standard InChI is InChI=1S/C16H15N3O4/c1-11(20)22-10-16(23-12(2)21)15-8-13(9-17)18-19(15)14-6-4-3-5-7-14/h3-8,16H,10H2,1-2H3/t16-/m1/s1. The highest BCUT2D eigenvalue weighted by Crippen LogP contribution is 2.23. The van der Waals surface area contributed by atoms with Gasteiger partial charge in [-0.3, -0.25) is 9.59 Å². The molecule has 7 heteroatoms. The van der Waals surface area contributed by atoms with Gasteiger partial charge in [-0.1, -0.05) is 18.2 Å². The van der Waals surface area contributed by atoms with Gasteiger partial charge in [0, 0.05) is 19.9 Å². The maximum Gasteiger partial charge on any atom is 0.303 e. The van der Waals surface area contributed by atoms with Gasteiger partial charge in [-0.2, -0.15) is 10.4 Å². The van der Waals surface area contributed by atoms with Crippen molar-refractivity contribution in [1.29, 1.82) is 5.26 Å². The molecule has 1 aromatic heterocycles. The normalized spacial score (nSPS) is 11.3. The first kappa shape index (κ1) is 16.2. The van der Waals surface area contributed by atoms with E-state index in [0.717, 1.165) is 0 Å². The van der Waals surface area contributed by atoms with Crippen LogP contribution in [0.3, 0.4) is 0 Å². The third-order valence-electron chi connectivity index (χ3n) is 2.93. The smallest absolute Gasteiger partial charge is 0.303 e. The quantitative estimate of drug-likeness (QED) is 0.783. The number of carbonyl (C=O) groups is 2. The van der Waals surface area contributed by atoms with Crippen LogP contribution >= 0.6 is 0 Å². The number of hydrogen-bond donors (Lipinski definition) is 0. The number of benzene rings is 1. The molecule has 0 spiro atoms. The first-order chi connectivity index (χ1) is 11.0. The van der Waals surface area contributed by atoms with E-state index in [1.807, 2.05) is 24.3 Å². The number of carbonyl (C=O) groups excluding carboxylic acids is 2. The molecule has 0 saturated heterocycles. The van der Waals surface area contributed by atoms with Crippen LogP contribution in [0.2, 0.25) is 0 Å². The highest BCUT2D eigenvalue weighted by atomic mass is 16.6. The second-order valence-corrected chi connectivity index (χ2v) is 4.71. The number of rotatable bonds is 5. The largest absolute Gasteiger partial charge is 0.461 e. The maximum atomic E-state index is 11.3. The lowest BCUT2D eigenvalue weighted by atomic mass is 10.2. The minimum Gasteiger partial charge on any atom is -0.461 e. The van der Waals surface area contributed by atoms with Crippen molar-refractivity contribution >= 4 is 11.9 Å². The van der Waals surface area contributed by atoms with Crippen molar-refractivity contribution in [2.24, 2.45) is 0 Å². The molecule has 0 aliphatic carbocycles. The minimum absolute atomic E-state index is 0.154. The monoisotopic (exact) mass is 313 g/mol. The number of esters is 2. The summed E-state index contributed by atoms with van der Waals surface area (Å²) < 4.78 is 11.7. The molecule has 7 nitrogen and oxygen atoms in total. The molecule has 2 rings (SSSR count). The Morgan fingerprint density at radius 3 is 2.52 bits per heavy atom. The molecule has 0 unspecified atom stereocenters.